The summed E-state index contributed by atoms with van der Waals surface area (Å²) in [6, 6.07) is 12.2. The standard InChI is InChI=1S/C22H24FN5O/c1-13-6-7-18(23)22-21(13)17(14(2)27-22)8-9-24-19-11-20(26-12-25-19)28-15-4-3-5-16(29)10-15/h3-7,10-12,14,17,27,29H,8-9H2,1-2H3,(H2,24,25,26,28). The molecule has 29 heavy (non-hydrogen) atoms. The van der Waals surface area contributed by atoms with Gasteiger partial charge in [-0.15, -0.1) is 0 Å². The van der Waals surface area contributed by atoms with Crippen molar-refractivity contribution in [2.45, 2.75) is 32.2 Å². The van der Waals surface area contributed by atoms with E-state index in [9.17, 15) is 9.50 Å². The summed E-state index contributed by atoms with van der Waals surface area (Å²) in [6.45, 7) is 4.82. The van der Waals surface area contributed by atoms with Crippen LogP contribution in [0.1, 0.15) is 30.4 Å². The molecule has 1 aromatic heterocycles. The molecule has 6 nitrogen and oxygen atoms in total. The first-order valence-corrected chi connectivity index (χ1v) is 9.69. The van der Waals surface area contributed by atoms with E-state index in [1.54, 1.807) is 18.2 Å². The molecule has 0 spiro atoms. The Balaban J connectivity index is 1.40. The Morgan fingerprint density at radius 2 is 1.97 bits per heavy atom. The van der Waals surface area contributed by atoms with E-state index in [1.807, 2.05) is 25.1 Å². The summed E-state index contributed by atoms with van der Waals surface area (Å²) in [5.41, 5.74) is 3.58. The van der Waals surface area contributed by atoms with Gasteiger partial charge in [-0.1, -0.05) is 12.1 Å². The van der Waals surface area contributed by atoms with E-state index in [4.69, 9.17) is 0 Å². The van der Waals surface area contributed by atoms with Crippen LogP contribution in [0.15, 0.2) is 48.8 Å². The lowest BCUT2D eigenvalue weighted by Gasteiger charge is -2.18. The SMILES string of the molecule is Cc1ccc(F)c2c1C(CCNc1cc(Nc3cccc(O)c3)ncn1)C(C)N2. The number of rotatable bonds is 6. The van der Waals surface area contributed by atoms with Crippen LogP contribution >= 0.6 is 0 Å². The Bertz CT molecular complexity index is 1030. The lowest BCUT2D eigenvalue weighted by molar-refractivity contribution is 0.475. The molecule has 0 aliphatic carbocycles. The van der Waals surface area contributed by atoms with Crippen LogP contribution in [0.5, 0.6) is 5.75 Å². The van der Waals surface area contributed by atoms with Crippen LogP contribution in [-0.4, -0.2) is 27.7 Å². The van der Waals surface area contributed by atoms with E-state index in [0.717, 1.165) is 23.2 Å². The van der Waals surface area contributed by atoms with Crippen molar-refractivity contribution in [3.05, 3.63) is 65.7 Å². The number of aromatic hydroxyl groups is 1. The summed E-state index contributed by atoms with van der Waals surface area (Å²) >= 11 is 0. The molecular weight excluding hydrogens is 369 g/mol. The van der Waals surface area contributed by atoms with Crippen molar-refractivity contribution in [3.63, 3.8) is 0 Å². The van der Waals surface area contributed by atoms with Gasteiger partial charge in [0.1, 0.15) is 29.5 Å². The predicted octanol–water partition coefficient (Wildman–Crippen LogP) is 4.77. The molecule has 0 bridgehead atoms. The first kappa shape index (κ1) is 19.0. The molecule has 4 N–H and O–H groups in total. The topological polar surface area (TPSA) is 82.1 Å². The Morgan fingerprint density at radius 3 is 2.79 bits per heavy atom. The number of hydrogen-bond acceptors (Lipinski definition) is 6. The zero-order chi connectivity index (χ0) is 20.4. The highest BCUT2D eigenvalue weighted by molar-refractivity contribution is 5.63. The van der Waals surface area contributed by atoms with Crippen LogP contribution < -0.4 is 16.0 Å². The zero-order valence-corrected chi connectivity index (χ0v) is 16.4. The van der Waals surface area contributed by atoms with Crippen molar-refractivity contribution < 1.29 is 9.50 Å². The second-order valence-corrected chi connectivity index (χ2v) is 7.37. The Labute approximate surface area is 169 Å². The normalized spacial score (nSPS) is 17.5. The summed E-state index contributed by atoms with van der Waals surface area (Å²) in [5, 5.41) is 19.3. The molecule has 2 heterocycles. The van der Waals surface area contributed by atoms with Crippen LogP contribution in [0.4, 0.5) is 27.4 Å². The van der Waals surface area contributed by atoms with Crippen molar-refractivity contribution in [1.29, 1.82) is 0 Å². The molecule has 4 rings (SSSR count). The maximum Gasteiger partial charge on any atom is 0.146 e. The minimum atomic E-state index is -0.189. The Kier molecular flexibility index (Phi) is 5.20. The number of anilines is 4. The molecule has 0 saturated heterocycles. The number of nitrogens with zero attached hydrogens (tertiary/aromatic N) is 2. The molecule has 150 valence electrons. The van der Waals surface area contributed by atoms with Gasteiger partial charge in [0, 0.05) is 36.3 Å². The van der Waals surface area contributed by atoms with Crippen LogP contribution in [0.2, 0.25) is 0 Å². The number of aromatic nitrogens is 2. The molecule has 0 amide bonds. The van der Waals surface area contributed by atoms with E-state index < -0.39 is 0 Å². The van der Waals surface area contributed by atoms with Crippen molar-refractivity contribution in [2.75, 3.05) is 22.5 Å². The van der Waals surface area contributed by atoms with Gasteiger partial charge in [-0.25, -0.2) is 14.4 Å². The molecule has 0 fully saturated rings. The van der Waals surface area contributed by atoms with E-state index in [0.29, 0.717) is 23.9 Å². The van der Waals surface area contributed by atoms with Gasteiger partial charge in [0.15, 0.2) is 0 Å². The lowest BCUT2D eigenvalue weighted by atomic mass is 9.89. The number of aryl methyl sites for hydroxylation is 1. The highest BCUT2D eigenvalue weighted by atomic mass is 19.1. The van der Waals surface area contributed by atoms with Crippen molar-refractivity contribution in [1.82, 2.24) is 9.97 Å². The molecule has 0 saturated carbocycles. The molecule has 3 aromatic rings. The molecule has 7 heteroatoms. The number of phenols is 1. The minimum absolute atomic E-state index is 0.177. The third-order valence-electron chi connectivity index (χ3n) is 5.31. The second-order valence-electron chi connectivity index (χ2n) is 7.37. The van der Waals surface area contributed by atoms with Crippen LogP contribution in [-0.2, 0) is 0 Å². The smallest absolute Gasteiger partial charge is 0.146 e. The monoisotopic (exact) mass is 393 g/mol. The molecule has 0 radical (unpaired) electrons. The van der Waals surface area contributed by atoms with Crippen molar-refractivity contribution in [3.8, 4) is 5.75 Å². The van der Waals surface area contributed by atoms with Crippen molar-refractivity contribution >= 4 is 23.0 Å². The zero-order valence-electron chi connectivity index (χ0n) is 16.4. The summed E-state index contributed by atoms with van der Waals surface area (Å²) in [6.07, 6.45) is 2.34. The molecular formula is C22H24FN5O. The number of phenolic OH excluding ortho intramolecular Hbond substituents is 1. The van der Waals surface area contributed by atoms with Gasteiger partial charge in [0.25, 0.3) is 0 Å². The summed E-state index contributed by atoms with van der Waals surface area (Å²) in [5.74, 6) is 1.57. The third-order valence-corrected chi connectivity index (χ3v) is 5.31. The number of halogens is 1. The summed E-state index contributed by atoms with van der Waals surface area (Å²) in [4.78, 5) is 8.49. The maximum atomic E-state index is 14.1. The molecule has 1 aliphatic heterocycles. The second kappa shape index (κ2) is 7.95. The van der Waals surface area contributed by atoms with Gasteiger partial charge in [-0.3, -0.25) is 0 Å². The van der Waals surface area contributed by atoms with E-state index in [1.165, 1.54) is 12.4 Å². The van der Waals surface area contributed by atoms with E-state index in [2.05, 4.69) is 32.8 Å². The average molecular weight is 393 g/mol. The number of hydrogen-bond donors (Lipinski definition) is 4. The quantitative estimate of drug-likeness (QED) is 0.483. The summed E-state index contributed by atoms with van der Waals surface area (Å²) < 4.78 is 14.1. The largest absolute Gasteiger partial charge is 0.508 e. The minimum Gasteiger partial charge on any atom is -0.508 e. The van der Waals surface area contributed by atoms with Gasteiger partial charge in [0.2, 0.25) is 0 Å². The third kappa shape index (κ3) is 4.08. The highest BCUT2D eigenvalue weighted by Gasteiger charge is 2.32. The van der Waals surface area contributed by atoms with E-state index >= 15 is 0 Å². The Hall–Kier alpha value is -3.35. The maximum absolute atomic E-state index is 14.1. The predicted molar refractivity (Wildman–Crippen MR) is 113 cm³/mol. The van der Waals surface area contributed by atoms with Crippen LogP contribution in [0.25, 0.3) is 0 Å². The fourth-order valence-electron chi connectivity index (χ4n) is 3.90. The van der Waals surface area contributed by atoms with Gasteiger partial charge < -0.3 is 21.1 Å². The molecule has 1 aliphatic rings. The van der Waals surface area contributed by atoms with Gasteiger partial charge >= 0.3 is 0 Å². The first-order chi connectivity index (χ1) is 14.0. The number of fused-ring (bicyclic) bond motifs is 1. The first-order valence-electron chi connectivity index (χ1n) is 9.69. The van der Waals surface area contributed by atoms with Gasteiger partial charge in [-0.05, 0) is 49.6 Å². The summed E-state index contributed by atoms with van der Waals surface area (Å²) in [7, 11) is 0. The highest BCUT2D eigenvalue weighted by Crippen LogP contribution is 2.41. The van der Waals surface area contributed by atoms with Crippen LogP contribution in [0.3, 0.4) is 0 Å². The fourth-order valence-corrected chi connectivity index (χ4v) is 3.90. The molecule has 2 atom stereocenters. The fraction of sp³-hybridized carbons (Fsp3) is 0.273. The average Bonchev–Trinajstić information content (AvgIpc) is 3.03. The lowest BCUT2D eigenvalue weighted by Crippen LogP contribution is -2.19. The molecule has 2 aromatic carbocycles. The van der Waals surface area contributed by atoms with Gasteiger partial charge in [-0.2, -0.15) is 0 Å². The molecule has 2 unspecified atom stereocenters. The van der Waals surface area contributed by atoms with Crippen molar-refractivity contribution in [2.24, 2.45) is 0 Å². The Morgan fingerprint density at radius 1 is 1.14 bits per heavy atom. The van der Waals surface area contributed by atoms with E-state index in [-0.39, 0.29) is 23.5 Å². The number of benzene rings is 2. The number of nitrogens with one attached hydrogen (secondary N) is 3. The van der Waals surface area contributed by atoms with Gasteiger partial charge in [0.05, 0.1) is 5.69 Å². The van der Waals surface area contributed by atoms with Crippen LogP contribution in [0, 0.1) is 12.7 Å².